The largest absolute Gasteiger partial charge is 0.621 e. The van der Waals surface area contributed by atoms with E-state index in [1.165, 1.54) is 12.1 Å². The summed E-state index contributed by atoms with van der Waals surface area (Å²) in [7, 11) is 0. The number of quaternary nitrogens is 1. The van der Waals surface area contributed by atoms with Crippen molar-refractivity contribution in [2.45, 2.75) is 24.7 Å². The highest BCUT2D eigenvalue weighted by Gasteiger charge is 2.31. The third kappa shape index (κ3) is 2.34. The van der Waals surface area contributed by atoms with E-state index in [-0.39, 0.29) is 17.2 Å². The van der Waals surface area contributed by atoms with Crippen LogP contribution in [0.3, 0.4) is 0 Å². The molecular weight excluding hydrogens is 305 g/mol. The Bertz CT molecular complexity index is 774. The summed E-state index contributed by atoms with van der Waals surface area (Å²) in [5.41, 5.74) is 0.385. The molecule has 4 nitrogen and oxygen atoms in total. The molecule has 0 aliphatic carbocycles. The first-order valence-corrected chi connectivity index (χ1v) is 7.60. The molecule has 0 amide bonds. The van der Waals surface area contributed by atoms with Crippen molar-refractivity contribution in [2.75, 3.05) is 0 Å². The van der Waals surface area contributed by atoms with E-state index in [4.69, 9.17) is 0 Å². The van der Waals surface area contributed by atoms with Gasteiger partial charge in [-0.05, 0) is 41.4 Å². The lowest BCUT2D eigenvalue weighted by molar-refractivity contribution is 0.108. The molecule has 0 saturated heterocycles. The van der Waals surface area contributed by atoms with Crippen molar-refractivity contribution in [3.05, 3.63) is 63.8 Å². The third-order valence-electron chi connectivity index (χ3n) is 3.67. The van der Waals surface area contributed by atoms with Gasteiger partial charge in [0, 0.05) is 12.1 Å². The van der Waals surface area contributed by atoms with Gasteiger partial charge in [0.15, 0.2) is 11.4 Å². The average molecular weight is 318 g/mol. The van der Waals surface area contributed by atoms with E-state index < -0.39 is 21.4 Å². The number of rotatable bonds is 1. The van der Waals surface area contributed by atoms with E-state index in [2.05, 4.69) is 0 Å². The standard InChI is InChI=1S/C16H13FNO3S/c1-9(2)10-3-6-13-15(7-10)22-16(19)12-5-4-11(17)8-14(12)18(13,20)21/h3-9H,1-2H3/q-1. The summed E-state index contributed by atoms with van der Waals surface area (Å²) < 4.78 is 13.4. The Morgan fingerprint density at radius 3 is 2.50 bits per heavy atom. The van der Waals surface area contributed by atoms with E-state index in [1.54, 1.807) is 12.1 Å². The van der Waals surface area contributed by atoms with Gasteiger partial charge in [-0.3, -0.25) is 4.79 Å². The number of fused-ring (bicyclic) bond motifs is 2. The van der Waals surface area contributed by atoms with Gasteiger partial charge in [-0.25, -0.2) is 4.39 Å². The van der Waals surface area contributed by atoms with Crippen LogP contribution in [0, 0.1) is 16.2 Å². The molecule has 2 aromatic carbocycles. The monoisotopic (exact) mass is 318 g/mol. The lowest BCUT2D eigenvalue weighted by Crippen LogP contribution is -2.30. The first-order valence-electron chi connectivity index (χ1n) is 6.78. The summed E-state index contributed by atoms with van der Waals surface area (Å²) in [6.45, 7) is 3.96. The zero-order valence-electron chi connectivity index (χ0n) is 12.0. The number of hydrogen-bond donors (Lipinski definition) is 0. The summed E-state index contributed by atoms with van der Waals surface area (Å²) in [5.74, 6) is -0.516. The Labute approximate surface area is 131 Å². The number of carbonyl (C=O) groups excluding carboxylic acids is 1. The maximum absolute atomic E-state index is 13.4. The minimum absolute atomic E-state index is 0.0429. The highest BCUT2D eigenvalue weighted by Crippen LogP contribution is 2.47. The van der Waals surface area contributed by atoms with Gasteiger partial charge in [-0.2, -0.15) is 0 Å². The van der Waals surface area contributed by atoms with Gasteiger partial charge in [0.05, 0.1) is 10.5 Å². The first kappa shape index (κ1) is 15.2. The Balaban J connectivity index is 2.27. The smallest absolute Gasteiger partial charge is 0.230 e. The minimum Gasteiger partial charge on any atom is -0.621 e. The fourth-order valence-electron chi connectivity index (χ4n) is 2.42. The van der Waals surface area contributed by atoms with Gasteiger partial charge >= 0.3 is 0 Å². The molecule has 0 saturated carbocycles. The van der Waals surface area contributed by atoms with Crippen LogP contribution in [0.2, 0.25) is 0 Å². The molecule has 1 aliphatic rings. The highest BCUT2D eigenvalue weighted by atomic mass is 32.2. The normalized spacial score (nSPS) is 16.2. The topological polar surface area (TPSA) is 63.2 Å². The summed E-state index contributed by atoms with van der Waals surface area (Å²) in [4.78, 5) is 10.5. The van der Waals surface area contributed by atoms with Crippen molar-refractivity contribution >= 4 is 28.3 Å². The van der Waals surface area contributed by atoms with E-state index in [0.717, 1.165) is 29.5 Å². The third-order valence-corrected chi connectivity index (χ3v) is 4.62. The molecule has 0 atom stereocenters. The molecule has 0 bridgehead atoms. The number of hydrogen-bond acceptors (Lipinski definition) is 4. The van der Waals surface area contributed by atoms with Crippen molar-refractivity contribution in [3.8, 4) is 0 Å². The van der Waals surface area contributed by atoms with Crippen LogP contribution >= 0.6 is 11.8 Å². The van der Waals surface area contributed by atoms with E-state index in [0.29, 0.717) is 4.90 Å². The highest BCUT2D eigenvalue weighted by molar-refractivity contribution is 8.14. The van der Waals surface area contributed by atoms with Crippen LogP contribution in [-0.2, 0) is 0 Å². The summed E-state index contributed by atoms with van der Waals surface area (Å²) in [6.07, 6.45) is 0. The van der Waals surface area contributed by atoms with Gasteiger partial charge < -0.3 is 15.2 Å². The lowest BCUT2D eigenvalue weighted by Gasteiger charge is -2.46. The van der Waals surface area contributed by atoms with Gasteiger partial charge in [0.25, 0.3) is 0 Å². The second kappa shape index (κ2) is 5.17. The molecule has 1 heterocycles. The average Bonchev–Trinajstić information content (AvgIpc) is 2.53. The minimum atomic E-state index is -2.14. The summed E-state index contributed by atoms with van der Waals surface area (Å²) in [5, 5.41) is 24.8. The van der Waals surface area contributed by atoms with Gasteiger partial charge in [-0.15, -0.1) is 0 Å². The molecule has 22 heavy (non-hydrogen) atoms. The predicted molar refractivity (Wildman–Crippen MR) is 85.3 cm³/mol. The van der Waals surface area contributed by atoms with Crippen molar-refractivity contribution in [1.29, 1.82) is 0 Å². The van der Waals surface area contributed by atoms with Crippen LogP contribution in [0.15, 0.2) is 41.3 Å². The fourth-order valence-corrected chi connectivity index (χ4v) is 3.39. The lowest BCUT2D eigenvalue weighted by atomic mass is 10.0. The Morgan fingerprint density at radius 2 is 1.82 bits per heavy atom. The molecule has 0 unspecified atom stereocenters. The number of benzene rings is 2. The summed E-state index contributed by atoms with van der Waals surface area (Å²) in [6, 6.07) is 7.93. The molecule has 114 valence electrons. The van der Waals surface area contributed by atoms with E-state index >= 15 is 0 Å². The van der Waals surface area contributed by atoms with Crippen LogP contribution in [0.5, 0.6) is 0 Å². The molecular formula is C16H13FNO3S-. The number of nitrogens with zero attached hydrogens (tertiary/aromatic N) is 1. The van der Waals surface area contributed by atoms with Crippen LogP contribution in [0.25, 0.3) is 0 Å². The molecule has 0 radical (unpaired) electrons. The fraction of sp³-hybridized carbons (Fsp3) is 0.188. The molecule has 3 rings (SSSR count). The Hall–Kier alpha value is -1.73. The second-order valence-corrected chi connectivity index (χ2v) is 6.50. The molecule has 2 aromatic rings. The molecule has 6 heteroatoms. The maximum atomic E-state index is 13.4. The number of halogens is 1. The van der Waals surface area contributed by atoms with Crippen LogP contribution in [-0.4, -0.2) is 5.12 Å². The Morgan fingerprint density at radius 1 is 1.09 bits per heavy atom. The molecule has 0 N–H and O–H groups in total. The molecule has 0 spiro atoms. The van der Waals surface area contributed by atoms with Crippen molar-refractivity contribution in [2.24, 2.45) is 0 Å². The Kier molecular flexibility index (Phi) is 3.57. The van der Waals surface area contributed by atoms with Gasteiger partial charge in [0.2, 0.25) is 5.12 Å². The molecule has 0 aromatic heterocycles. The SMILES string of the molecule is CC(C)c1ccc2c(c1)SC(=O)c1ccc(F)cc1[N+]2([O-])[O-]. The van der Waals surface area contributed by atoms with Crippen LogP contribution < -0.4 is 4.81 Å². The second-order valence-electron chi connectivity index (χ2n) is 5.48. The predicted octanol–water partition coefficient (Wildman–Crippen LogP) is 4.83. The van der Waals surface area contributed by atoms with Crippen molar-refractivity contribution < 1.29 is 9.18 Å². The van der Waals surface area contributed by atoms with Gasteiger partial charge in [-0.1, -0.05) is 19.9 Å². The molecule has 1 aliphatic heterocycles. The number of thioether (sulfide) groups is 1. The van der Waals surface area contributed by atoms with Crippen LogP contribution in [0.4, 0.5) is 15.8 Å². The maximum Gasteiger partial charge on any atom is 0.230 e. The van der Waals surface area contributed by atoms with Crippen LogP contribution in [0.1, 0.15) is 35.7 Å². The van der Waals surface area contributed by atoms with E-state index in [1.807, 2.05) is 13.8 Å². The van der Waals surface area contributed by atoms with Gasteiger partial charge in [0.1, 0.15) is 5.82 Å². The van der Waals surface area contributed by atoms with E-state index in [9.17, 15) is 19.6 Å². The van der Waals surface area contributed by atoms with Crippen molar-refractivity contribution in [1.82, 2.24) is 4.81 Å². The zero-order valence-corrected chi connectivity index (χ0v) is 12.8. The quantitative estimate of drug-likeness (QED) is 0.558. The first-order chi connectivity index (χ1) is 10.3. The number of carbonyl (C=O) groups is 1. The van der Waals surface area contributed by atoms with Crippen molar-refractivity contribution in [3.63, 3.8) is 0 Å². The zero-order chi connectivity index (χ0) is 16.1. The molecule has 0 fully saturated rings. The summed E-state index contributed by atoms with van der Waals surface area (Å²) >= 11 is 0.838.